The fourth-order valence-corrected chi connectivity index (χ4v) is 7.32. The van der Waals surface area contributed by atoms with Crippen molar-refractivity contribution in [3.8, 4) is 11.4 Å². The van der Waals surface area contributed by atoms with Crippen molar-refractivity contribution in [2.24, 2.45) is 0 Å². The van der Waals surface area contributed by atoms with Crippen LogP contribution in [0.15, 0.2) is 20.8 Å². The molecule has 0 unspecified atom stereocenters. The van der Waals surface area contributed by atoms with Crippen LogP contribution >= 0.6 is 46.2 Å². The van der Waals surface area contributed by atoms with Gasteiger partial charge in [-0.25, -0.2) is 0 Å². The van der Waals surface area contributed by atoms with E-state index in [0.717, 1.165) is 0 Å². The highest BCUT2D eigenvalue weighted by Gasteiger charge is 2.32. The van der Waals surface area contributed by atoms with Crippen molar-refractivity contribution in [1.82, 2.24) is 0 Å². The van der Waals surface area contributed by atoms with Gasteiger partial charge in [-0.2, -0.15) is 0 Å². The summed E-state index contributed by atoms with van der Waals surface area (Å²) in [5.41, 5.74) is 8.05. The SMILES string of the molecule is CSc1sc(C)c(C)[n+]1-c1cc(C(C)C)cc(-[n+]2c(SC)sc(C)c2C)c1C. The van der Waals surface area contributed by atoms with E-state index in [0.29, 0.717) is 5.92 Å². The predicted molar refractivity (Wildman–Crippen MR) is 127 cm³/mol. The van der Waals surface area contributed by atoms with Gasteiger partial charge in [0.25, 0.3) is 0 Å². The smallest absolute Gasteiger partial charge is 0.141 e. The van der Waals surface area contributed by atoms with E-state index >= 15 is 0 Å². The van der Waals surface area contributed by atoms with Gasteiger partial charge in [-0.05, 0) is 68.3 Å². The van der Waals surface area contributed by atoms with Crippen molar-refractivity contribution < 1.29 is 9.13 Å². The Morgan fingerprint density at radius 2 is 1.14 bits per heavy atom. The van der Waals surface area contributed by atoms with E-state index < -0.39 is 0 Å². The molecule has 0 N–H and O–H groups in total. The Morgan fingerprint density at radius 3 is 1.46 bits per heavy atom. The average Bonchev–Trinajstić information content (AvgIpc) is 3.11. The maximum absolute atomic E-state index is 2.46. The normalized spacial score (nSPS) is 11.6. The molecular formula is C22H30N2S4+2. The van der Waals surface area contributed by atoms with Crippen LogP contribution in [0.1, 0.15) is 52.0 Å². The predicted octanol–water partition coefficient (Wildman–Crippen LogP) is 6.47. The lowest BCUT2D eigenvalue weighted by atomic mass is 9.98. The van der Waals surface area contributed by atoms with E-state index in [1.54, 1.807) is 0 Å². The topological polar surface area (TPSA) is 7.76 Å². The average molecular weight is 451 g/mol. The van der Waals surface area contributed by atoms with Gasteiger partial charge in [0.1, 0.15) is 0 Å². The lowest BCUT2D eigenvalue weighted by Crippen LogP contribution is -2.39. The van der Waals surface area contributed by atoms with E-state index in [9.17, 15) is 0 Å². The zero-order chi connectivity index (χ0) is 20.7. The molecule has 0 bridgehead atoms. The fourth-order valence-electron chi connectivity index (χ4n) is 3.42. The number of aryl methyl sites for hydroxylation is 2. The van der Waals surface area contributed by atoms with Crippen LogP contribution in [-0.4, -0.2) is 12.5 Å². The summed E-state index contributed by atoms with van der Waals surface area (Å²) >= 11 is 7.46. The van der Waals surface area contributed by atoms with Gasteiger partial charge < -0.3 is 0 Å². The molecule has 0 radical (unpaired) electrons. The first-order valence-corrected chi connectivity index (χ1v) is 13.6. The van der Waals surface area contributed by atoms with Gasteiger partial charge in [0.05, 0.1) is 15.3 Å². The van der Waals surface area contributed by atoms with Crippen LogP contribution in [0.4, 0.5) is 0 Å². The number of thiazole rings is 2. The summed E-state index contributed by atoms with van der Waals surface area (Å²) < 4.78 is 7.61. The largest absolute Gasteiger partial charge is 0.303 e. The van der Waals surface area contributed by atoms with Crippen molar-refractivity contribution in [1.29, 1.82) is 0 Å². The van der Waals surface area contributed by atoms with Gasteiger partial charge in [0.15, 0.2) is 11.4 Å². The molecule has 0 aliphatic heterocycles. The second kappa shape index (κ2) is 8.50. The highest BCUT2D eigenvalue weighted by molar-refractivity contribution is 8.00. The molecule has 6 heteroatoms. The van der Waals surface area contributed by atoms with Gasteiger partial charge in [-0.3, -0.25) is 0 Å². The number of hydrogen-bond donors (Lipinski definition) is 0. The molecule has 3 rings (SSSR count). The molecule has 0 saturated heterocycles. The third-order valence-corrected chi connectivity index (χ3v) is 9.89. The van der Waals surface area contributed by atoms with Gasteiger partial charge >= 0.3 is 8.68 Å². The molecular weight excluding hydrogens is 421 g/mol. The summed E-state index contributed by atoms with van der Waals surface area (Å²) in [7, 11) is 0. The Bertz CT molecular complexity index is 953. The van der Waals surface area contributed by atoms with Gasteiger partial charge in [-0.15, -0.1) is 9.13 Å². The Balaban J connectivity index is 2.40. The number of aromatic nitrogens is 2. The molecule has 2 heterocycles. The maximum Gasteiger partial charge on any atom is 0.303 e. The second-order valence-corrected chi connectivity index (χ2v) is 12.0. The Morgan fingerprint density at radius 1 is 0.750 bits per heavy atom. The van der Waals surface area contributed by atoms with Gasteiger partial charge in [0, 0.05) is 26.0 Å². The third kappa shape index (κ3) is 3.69. The van der Waals surface area contributed by atoms with Crippen LogP contribution in [0.25, 0.3) is 11.4 Å². The minimum absolute atomic E-state index is 0.481. The van der Waals surface area contributed by atoms with Crippen molar-refractivity contribution in [3.05, 3.63) is 44.4 Å². The summed E-state index contributed by atoms with van der Waals surface area (Å²) in [6.45, 7) is 15.8. The Labute approximate surface area is 186 Å². The molecule has 0 aliphatic carbocycles. The lowest BCUT2D eigenvalue weighted by molar-refractivity contribution is -0.643. The summed E-state index contributed by atoms with van der Waals surface area (Å²) in [5.74, 6) is 0.481. The second-order valence-electron chi connectivity index (χ2n) is 7.44. The Hall–Kier alpha value is -0.820. The molecule has 150 valence electrons. The molecule has 0 atom stereocenters. The van der Waals surface area contributed by atoms with Crippen LogP contribution in [0.3, 0.4) is 0 Å². The van der Waals surface area contributed by atoms with Crippen molar-refractivity contribution in [2.45, 2.75) is 63.1 Å². The van der Waals surface area contributed by atoms with Crippen molar-refractivity contribution >= 4 is 46.2 Å². The van der Waals surface area contributed by atoms with Crippen molar-refractivity contribution in [2.75, 3.05) is 12.5 Å². The quantitative estimate of drug-likeness (QED) is 0.325. The third-order valence-electron chi connectivity index (χ3n) is 5.41. The standard InChI is InChI=1S/C22H30N2S4/c1-12(2)18-10-19(23-14(4)16(6)27-21(23)25-8)13(3)20(11-18)24-15(5)17(7)28-22(24)26-9/h10-12H,1-9H3/q+2. The van der Waals surface area contributed by atoms with E-state index in [1.165, 1.54) is 52.3 Å². The van der Waals surface area contributed by atoms with Crippen LogP contribution in [-0.2, 0) is 0 Å². The first-order valence-electron chi connectivity index (χ1n) is 9.48. The number of benzene rings is 1. The van der Waals surface area contributed by atoms with E-state index in [2.05, 4.69) is 82.2 Å². The van der Waals surface area contributed by atoms with Crippen molar-refractivity contribution in [3.63, 3.8) is 0 Å². The number of rotatable bonds is 5. The van der Waals surface area contributed by atoms with Crippen LogP contribution < -0.4 is 9.13 Å². The van der Waals surface area contributed by atoms with Crippen LogP contribution in [0, 0.1) is 34.6 Å². The summed E-state index contributed by atoms with van der Waals surface area (Å²) in [6.07, 6.45) is 4.35. The van der Waals surface area contributed by atoms with E-state index in [4.69, 9.17) is 0 Å². The molecule has 2 aromatic heterocycles. The van der Waals surface area contributed by atoms with Crippen LogP contribution in [0.2, 0.25) is 0 Å². The summed E-state index contributed by atoms with van der Waals surface area (Å²) in [4.78, 5) is 2.78. The summed E-state index contributed by atoms with van der Waals surface area (Å²) in [5, 5.41) is 0. The monoisotopic (exact) mass is 450 g/mol. The minimum atomic E-state index is 0.481. The zero-order valence-corrected chi connectivity index (χ0v) is 21.5. The number of nitrogens with zero attached hydrogens (tertiary/aromatic N) is 2. The Kier molecular flexibility index (Phi) is 6.64. The summed E-state index contributed by atoms with van der Waals surface area (Å²) in [6, 6.07) is 4.80. The minimum Gasteiger partial charge on any atom is -0.141 e. The molecule has 3 aromatic rings. The fraction of sp³-hybridized carbons (Fsp3) is 0.455. The first kappa shape index (κ1) is 21.9. The molecule has 0 saturated carbocycles. The number of thioether (sulfide) groups is 2. The molecule has 0 spiro atoms. The molecule has 0 amide bonds. The highest BCUT2D eigenvalue weighted by atomic mass is 32.2. The molecule has 0 fully saturated rings. The van der Waals surface area contributed by atoms with Gasteiger partial charge in [-0.1, -0.05) is 36.5 Å². The molecule has 1 aromatic carbocycles. The van der Waals surface area contributed by atoms with E-state index in [-0.39, 0.29) is 0 Å². The molecule has 28 heavy (non-hydrogen) atoms. The lowest BCUT2D eigenvalue weighted by Gasteiger charge is -2.11. The molecule has 2 nitrogen and oxygen atoms in total. The highest BCUT2D eigenvalue weighted by Crippen LogP contribution is 2.31. The van der Waals surface area contributed by atoms with E-state index in [1.807, 2.05) is 46.2 Å². The first-order chi connectivity index (χ1) is 13.2. The zero-order valence-electron chi connectivity index (χ0n) is 18.3. The van der Waals surface area contributed by atoms with Crippen LogP contribution in [0.5, 0.6) is 0 Å². The number of hydrogen-bond acceptors (Lipinski definition) is 4. The maximum atomic E-state index is 2.46. The molecule has 0 aliphatic rings. The van der Waals surface area contributed by atoms with Gasteiger partial charge in [0.2, 0.25) is 11.4 Å².